The van der Waals surface area contributed by atoms with Gasteiger partial charge in [0, 0.05) is 38.1 Å². The van der Waals surface area contributed by atoms with Crippen molar-refractivity contribution in [3.63, 3.8) is 0 Å². The van der Waals surface area contributed by atoms with Crippen LogP contribution in [0.2, 0.25) is 0 Å². The van der Waals surface area contributed by atoms with Crippen LogP contribution in [0.5, 0.6) is 0 Å². The van der Waals surface area contributed by atoms with Gasteiger partial charge in [-0.1, -0.05) is 6.92 Å². The highest BCUT2D eigenvalue weighted by molar-refractivity contribution is 5.21. The van der Waals surface area contributed by atoms with Crippen LogP contribution < -0.4 is 5.32 Å². The molecule has 1 aromatic rings. The lowest BCUT2D eigenvalue weighted by Gasteiger charge is -2.17. The third kappa shape index (κ3) is 3.51. The number of aryl methyl sites for hydroxylation is 1. The fourth-order valence-corrected chi connectivity index (χ4v) is 2.41. The van der Waals surface area contributed by atoms with Crippen LogP contribution in [0.1, 0.15) is 30.9 Å². The van der Waals surface area contributed by atoms with E-state index in [4.69, 9.17) is 0 Å². The average molecular weight is 233 g/mol. The number of pyridine rings is 1. The minimum Gasteiger partial charge on any atom is -0.313 e. The largest absolute Gasteiger partial charge is 0.313 e. The van der Waals surface area contributed by atoms with E-state index in [0.717, 1.165) is 13.1 Å². The van der Waals surface area contributed by atoms with Gasteiger partial charge >= 0.3 is 0 Å². The maximum atomic E-state index is 4.14. The van der Waals surface area contributed by atoms with Crippen molar-refractivity contribution in [1.82, 2.24) is 15.2 Å². The van der Waals surface area contributed by atoms with E-state index < -0.39 is 0 Å². The van der Waals surface area contributed by atoms with Crippen molar-refractivity contribution in [2.75, 3.05) is 19.6 Å². The van der Waals surface area contributed by atoms with E-state index in [9.17, 15) is 0 Å². The fraction of sp³-hybridized carbons (Fsp3) is 0.643. The van der Waals surface area contributed by atoms with Crippen molar-refractivity contribution >= 4 is 0 Å². The van der Waals surface area contributed by atoms with Crippen LogP contribution in [0.25, 0.3) is 0 Å². The van der Waals surface area contributed by atoms with E-state index in [1.165, 1.54) is 37.1 Å². The summed E-state index contributed by atoms with van der Waals surface area (Å²) >= 11 is 0. The van der Waals surface area contributed by atoms with Gasteiger partial charge in [0.2, 0.25) is 0 Å². The van der Waals surface area contributed by atoms with Crippen molar-refractivity contribution in [2.24, 2.45) is 0 Å². The number of nitrogens with one attached hydrogen (secondary N) is 1. The van der Waals surface area contributed by atoms with Crippen LogP contribution in [0.3, 0.4) is 0 Å². The topological polar surface area (TPSA) is 28.2 Å². The van der Waals surface area contributed by atoms with Crippen LogP contribution in [0.15, 0.2) is 18.5 Å². The first kappa shape index (κ1) is 12.5. The molecule has 0 spiro atoms. The summed E-state index contributed by atoms with van der Waals surface area (Å²) < 4.78 is 0. The van der Waals surface area contributed by atoms with Gasteiger partial charge in [0.05, 0.1) is 0 Å². The SMILES string of the molecule is CCCNC1CCN(Cc2ccncc2C)C1. The summed E-state index contributed by atoms with van der Waals surface area (Å²) in [5, 5.41) is 3.61. The number of nitrogens with zero attached hydrogens (tertiary/aromatic N) is 2. The second-order valence-corrected chi connectivity index (χ2v) is 4.98. The van der Waals surface area contributed by atoms with Gasteiger partial charge < -0.3 is 5.32 Å². The third-order valence-corrected chi connectivity index (χ3v) is 3.49. The Bertz CT molecular complexity index is 351. The fourth-order valence-electron chi connectivity index (χ4n) is 2.41. The Morgan fingerprint density at radius 1 is 1.53 bits per heavy atom. The van der Waals surface area contributed by atoms with Gasteiger partial charge in [-0.05, 0) is 43.5 Å². The van der Waals surface area contributed by atoms with Gasteiger partial charge in [-0.3, -0.25) is 9.88 Å². The van der Waals surface area contributed by atoms with Crippen LogP contribution in [-0.4, -0.2) is 35.6 Å². The molecule has 1 aromatic heterocycles. The zero-order valence-corrected chi connectivity index (χ0v) is 10.9. The van der Waals surface area contributed by atoms with Gasteiger partial charge in [-0.15, -0.1) is 0 Å². The van der Waals surface area contributed by atoms with Gasteiger partial charge in [0.25, 0.3) is 0 Å². The Labute approximate surface area is 104 Å². The summed E-state index contributed by atoms with van der Waals surface area (Å²) in [6.07, 6.45) is 6.35. The quantitative estimate of drug-likeness (QED) is 0.842. The molecule has 17 heavy (non-hydrogen) atoms. The monoisotopic (exact) mass is 233 g/mol. The van der Waals surface area contributed by atoms with Gasteiger partial charge in [0.1, 0.15) is 0 Å². The molecule has 0 radical (unpaired) electrons. The second kappa shape index (κ2) is 6.12. The Hall–Kier alpha value is -0.930. The highest BCUT2D eigenvalue weighted by atomic mass is 15.2. The minimum absolute atomic E-state index is 0.692. The van der Waals surface area contributed by atoms with E-state index in [1.807, 2.05) is 12.4 Å². The molecule has 0 amide bonds. The Morgan fingerprint density at radius 2 is 2.41 bits per heavy atom. The Balaban J connectivity index is 1.83. The molecule has 1 unspecified atom stereocenters. The maximum absolute atomic E-state index is 4.14. The van der Waals surface area contributed by atoms with Crippen LogP contribution in [0, 0.1) is 6.92 Å². The molecular weight excluding hydrogens is 210 g/mol. The lowest BCUT2D eigenvalue weighted by atomic mass is 10.1. The third-order valence-electron chi connectivity index (χ3n) is 3.49. The first-order valence-corrected chi connectivity index (χ1v) is 6.65. The molecule has 3 heteroatoms. The number of likely N-dealkylation sites (tertiary alicyclic amines) is 1. The predicted octanol–water partition coefficient (Wildman–Crippen LogP) is 1.96. The molecule has 1 atom stereocenters. The highest BCUT2D eigenvalue weighted by Gasteiger charge is 2.21. The molecule has 2 rings (SSSR count). The smallest absolute Gasteiger partial charge is 0.0300 e. The molecule has 2 heterocycles. The van der Waals surface area contributed by atoms with Gasteiger partial charge in [-0.2, -0.15) is 0 Å². The van der Waals surface area contributed by atoms with Crippen molar-refractivity contribution < 1.29 is 0 Å². The molecule has 1 aliphatic rings. The molecule has 1 fully saturated rings. The van der Waals surface area contributed by atoms with Crippen molar-refractivity contribution in [3.8, 4) is 0 Å². The Kier molecular flexibility index (Phi) is 4.51. The number of hydrogen-bond donors (Lipinski definition) is 1. The molecule has 0 bridgehead atoms. The summed E-state index contributed by atoms with van der Waals surface area (Å²) in [4.78, 5) is 6.68. The van der Waals surface area contributed by atoms with Crippen molar-refractivity contribution in [2.45, 2.75) is 39.3 Å². The zero-order valence-electron chi connectivity index (χ0n) is 10.9. The first-order valence-electron chi connectivity index (χ1n) is 6.65. The standard InChI is InChI=1S/C14H23N3/c1-3-6-16-14-5-8-17(11-14)10-13-4-7-15-9-12(13)2/h4,7,9,14,16H,3,5-6,8,10-11H2,1-2H3. The van der Waals surface area contributed by atoms with E-state index in [0.29, 0.717) is 6.04 Å². The van der Waals surface area contributed by atoms with Crippen molar-refractivity contribution in [3.05, 3.63) is 29.6 Å². The molecule has 0 aromatic carbocycles. The lowest BCUT2D eigenvalue weighted by Crippen LogP contribution is -2.32. The van der Waals surface area contributed by atoms with E-state index >= 15 is 0 Å². The number of aromatic nitrogens is 1. The summed E-state index contributed by atoms with van der Waals surface area (Å²) in [6, 6.07) is 2.83. The van der Waals surface area contributed by atoms with E-state index in [2.05, 4.69) is 35.1 Å². The number of rotatable bonds is 5. The van der Waals surface area contributed by atoms with Crippen LogP contribution >= 0.6 is 0 Å². The molecule has 0 aliphatic carbocycles. The van der Waals surface area contributed by atoms with Gasteiger partial charge in [0.15, 0.2) is 0 Å². The summed E-state index contributed by atoms with van der Waals surface area (Å²) in [6.45, 7) is 8.97. The molecular formula is C14H23N3. The van der Waals surface area contributed by atoms with Crippen LogP contribution in [-0.2, 0) is 6.54 Å². The number of hydrogen-bond acceptors (Lipinski definition) is 3. The molecule has 1 N–H and O–H groups in total. The van der Waals surface area contributed by atoms with Gasteiger partial charge in [-0.25, -0.2) is 0 Å². The normalized spacial score (nSPS) is 20.9. The highest BCUT2D eigenvalue weighted by Crippen LogP contribution is 2.15. The second-order valence-electron chi connectivity index (χ2n) is 4.98. The summed E-state index contributed by atoms with van der Waals surface area (Å²) in [7, 11) is 0. The lowest BCUT2D eigenvalue weighted by molar-refractivity contribution is 0.319. The Morgan fingerprint density at radius 3 is 3.18 bits per heavy atom. The summed E-state index contributed by atoms with van der Waals surface area (Å²) in [5.74, 6) is 0. The van der Waals surface area contributed by atoms with E-state index in [-0.39, 0.29) is 0 Å². The molecule has 0 saturated carbocycles. The maximum Gasteiger partial charge on any atom is 0.0300 e. The molecule has 1 saturated heterocycles. The van der Waals surface area contributed by atoms with Crippen LogP contribution in [0.4, 0.5) is 0 Å². The van der Waals surface area contributed by atoms with Crippen molar-refractivity contribution in [1.29, 1.82) is 0 Å². The predicted molar refractivity (Wildman–Crippen MR) is 70.9 cm³/mol. The first-order chi connectivity index (χ1) is 8.29. The average Bonchev–Trinajstić information content (AvgIpc) is 2.77. The minimum atomic E-state index is 0.692. The molecule has 94 valence electrons. The summed E-state index contributed by atoms with van der Waals surface area (Å²) in [5.41, 5.74) is 2.72. The molecule has 1 aliphatic heterocycles. The molecule has 3 nitrogen and oxygen atoms in total. The van der Waals surface area contributed by atoms with E-state index in [1.54, 1.807) is 0 Å². The zero-order chi connectivity index (χ0) is 12.1.